The summed E-state index contributed by atoms with van der Waals surface area (Å²) in [4.78, 5) is 12.3. The lowest BCUT2D eigenvalue weighted by Crippen LogP contribution is -2.34. The Morgan fingerprint density at radius 2 is 1.92 bits per heavy atom. The van der Waals surface area contributed by atoms with E-state index in [1.165, 1.54) is 0 Å². The number of anilines is 1. The van der Waals surface area contributed by atoms with E-state index in [4.69, 9.17) is 17.0 Å². The molecule has 4 nitrogen and oxygen atoms in total. The van der Waals surface area contributed by atoms with Crippen molar-refractivity contribution in [2.24, 2.45) is 0 Å². The predicted molar refractivity (Wildman–Crippen MR) is 105 cm³/mol. The second-order valence-electron chi connectivity index (χ2n) is 5.27. The van der Waals surface area contributed by atoms with Crippen molar-refractivity contribution in [1.29, 1.82) is 0 Å². The number of hydrogen-bond donors (Lipinski definition) is 2. The van der Waals surface area contributed by atoms with Crippen LogP contribution in [0.5, 0.6) is 5.75 Å². The third kappa shape index (κ3) is 5.32. The van der Waals surface area contributed by atoms with Crippen LogP contribution in [-0.4, -0.2) is 17.6 Å². The number of amides is 1. The highest BCUT2D eigenvalue weighted by Gasteiger charge is 2.11. The molecule has 2 aromatic carbocycles. The Balaban J connectivity index is 1.97. The van der Waals surface area contributed by atoms with Gasteiger partial charge in [-0.3, -0.25) is 10.1 Å². The largest absolute Gasteiger partial charge is 0.492 e. The van der Waals surface area contributed by atoms with Crippen LogP contribution in [-0.2, 0) is 0 Å². The molecule has 2 aromatic rings. The molecule has 0 aromatic heterocycles. The molecule has 24 heavy (non-hydrogen) atoms. The summed E-state index contributed by atoms with van der Waals surface area (Å²) in [6.07, 6.45) is 0.924. The van der Waals surface area contributed by atoms with E-state index in [9.17, 15) is 4.79 Å². The molecule has 0 unspecified atom stereocenters. The molecular weight excluding hydrogens is 388 g/mol. The van der Waals surface area contributed by atoms with E-state index in [-0.39, 0.29) is 11.0 Å². The zero-order valence-electron chi connectivity index (χ0n) is 13.6. The standard InChI is InChI=1S/C18H19BrN2O2S/c1-3-10-23-16-9-6-13(11-15(16)19)17(22)21-18(24)20-14-7-4-12(2)5-8-14/h4-9,11H,3,10H2,1-2H3,(H2,20,21,22,24). The SMILES string of the molecule is CCCOc1ccc(C(=O)NC(=S)Nc2ccc(C)cc2)cc1Br. The Bertz CT molecular complexity index is 732. The first-order valence-corrected chi connectivity index (χ1v) is 8.81. The van der Waals surface area contributed by atoms with Gasteiger partial charge in [-0.05, 0) is 71.8 Å². The zero-order valence-corrected chi connectivity index (χ0v) is 16.0. The van der Waals surface area contributed by atoms with Crippen molar-refractivity contribution in [3.8, 4) is 5.75 Å². The smallest absolute Gasteiger partial charge is 0.257 e. The molecule has 2 N–H and O–H groups in total. The highest BCUT2D eigenvalue weighted by atomic mass is 79.9. The maximum Gasteiger partial charge on any atom is 0.257 e. The molecule has 0 bridgehead atoms. The van der Waals surface area contributed by atoms with Crippen LogP contribution in [0.2, 0.25) is 0 Å². The molecular formula is C18H19BrN2O2S. The summed E-state index contributed by atoms with van der Waals surface area (Å²) in [6.45, 7) is 4.68. The molecule has 0 spiro atoms. The molecule has 0 saturated carbocycles. The van der Waals surface area contributed by atoms with Gasteiger partial charge in [0.1, 0.15) is 5.75 Å². The van der Waals surface area contributed by atoms with E-state index >= 15 is 0 Å². The maximum absolute atomic E-state index is 12.3. The van der Waals surface area contributed by atoms with Gasteiger partial charge in [-0.25, -0.2) is 0 Å². The Labute approximate surface area is 155 Å². The number of ether oxygens (including phenoxy) is 1. The normalized spacial score (nSPS) is 10.1. The molecule has 0 saturated heterocycles. The lowest BCUT2D eigenvalue weighted by molar-refractivity contribution is 0.0977. The van der Waals surface area contributed by atoms with Gasteiger partial charge in [0.25, 0.3) is 5.91 Å². The van der Waals surface area contributed by atoms with Crippen LogP contribution >= 0.6 is 28.1 Å². The minimum absolute atomic E-state index is 0.256. The maximum atomic E-state index is 12.3. The van der Waals surface area contributed by atoms with Gasteiger partial charge in [0.05, 0.1) is 11.1 Å². The topological polar surface area (TPSA) is 50.4 Å². The predicted octanol–water partition coefficient (Wildman–Crippen LogP) is 4.67. The molecule has 6 heteroatoms. The van der Waals surface area contributed by atoms with E-state index in [1.54, 1.807) is 18.2 Å². The van der Waals surface area contributed by atoms with Gasteiger partial charge < -0.3 is 10.1 Å². The number of carbonyl (C=O) groups excluding carboxylic acids is 1. The van der Waals surface area contributed by atoms with Crippen molar-refractivity contribution in [1.82, 2.24) is 5.32 Å². The molecule has 0 aliphatic carbocycles. The van der Waals surface area contributed by atoms with Crippen molar-refractivity contribution in [2.45, 2.75) is 20.3 Å². The number of aryl methyl sites for hydroxylation is 1. The molecule has 0 fully saturated rings. The fraction of sp³-hybridized carbons (Fsp3) is 0.222. The minimum Gasteiger partial charge on any atom is -0.492 e. The van der Waals surface area contributed by atoms with E-state index < -0.39 is 0 Å². The number of carbonyl (C=O) groups is 1. The van der Waals surface area contributed by atoms with E-state index in [2.05, 4.69) is 26.6 Å². The van der Waals surface area contributed by atoms with Crippen molar-refractivity contribution < 1.29 is 9.53 Å². The molecule has 0 atom stereocenters. The zero-order chi connectivity index (χ0) is 17.5. The number of benzene rings is 2. The molecule has 0 radical (unpaired) electrons. The van der Waals surface area contributed by atoms with Crippen LogP contribution in [0.3, 0.4) is 0 Å². The van der Waals surface area contributed by atoms with Gasteiger partial charge in [-0.1, -0.05) is 24.6 Å². The second kappa shape index (κ2) is 8.80. The van der Waals surface area contributed by atoms with E-state index in [0.717, 1.165) is 22.1 Å². The van der Waals surface area contributed by atoms with Crippen LogP contribution in [0.15, 0.2) is 46.9 Å². The molecule has 0 heterocycles. The summed E-state index contributed by atoms with van der Waals surface area (Å²) in [5.41, 5.74) is 2.49. The summed E-state index contributed by atoms with van der Waals surface area (Å²) < 4.78 is 6.31. The van der Waals surface area contributed by atoms with Gasteiger partial charge >= 0.3 is 0 Å². The van der Waals surface area contributed by atoms with E-state index in [0.29, 0.717) is 17.9 Å². The van der Waals surface area contributed by atoms with Crippen molar-refractivity contribution in [2.75, 3.05) is 11.9 Å². The lowest BCUT2D eigenvalue weighted by atomic mass is 10.2. The summed E-state index contributed by atoms with van der Waals surface area (Å²) >= 11 is 8.60. The number of thiocarbonyl (C=S) groups is 1. The fourth-order valence-corrected chi connectivity index (χ4v) is 2.65. The second-order valence-corrected chi connectivity index (χ2v) is 6.53. The minimum atomic E-state index is -0.276. The quantitative estimate of drug-likeness (QED) is 0.708. The average Bonchev–Trinajstić information content (AvgIpc) is 2.55. The lowest BCUT2D eigenvalue weighted by Gasteiger charge is -2.11. The fourth-order valence-electron chi connectivity index (χ4n) is 1.95. The van der Waals surface area contributed by atoms with Crippen LogP contribution in [0.4, 0.5) is 5.69 Å². The summed E-state index contributed by atoms with van der Waals surface area (Å²) in [6, 6.07) is 13.0. The number of nitrogens with one attached hydrogen (secondary N) is 2. The number of hydrogen-bond acceptors (Lipinski definition) is 3. The summed E-state index contributed by atoms with van der Waals surface area (Å²) in [7, 11) is 0. The van der Waals surface area contributed by atoms with Crippen molar-refractivity contribution in [3.63, 3.8) is 0 Å². The van der Waals surface area contributed by atoms with Gasteiger partial charge in [0.2, 0.25) is 0 Å². The monoisotopic (exact) mass is 406 g/mol. The number of halogens is 1. The van der Waals surface area contributed by atoms with Gasteiger partial charge in [-0.2, -0.15) is 0 Å². The highest BCUT2D eigenvalue weighted by molar-refractivity contribution is 9.10. The molecule has 1 amide bonds. The van der Waals surface area contributed by atoms with Crippen molar-refractivity contribution in [3.05, 3.63) is 58.1 Å². The average molecular weight is 407 g/mol. The molecule has 0 aliphatic rings. The van der Waals surface area contributed by atoms with E-state index in [1.807, 2.05) is 38.1 Å². The van der Waals surface area contributed by atoms with Gasteiger partial charge in [0, 0.05) is 11.3 Å². The third-order valence-corrected chi connectivity index (χ3v) is 4.02. The highest BCUT2D eigenvalue weighted by Crippen LogP contribution is 2.26. The number of rotatable bonds is 5. The van der Waals surface area contributed by atoms with Crippen LogP contribution < -0.4 is 15.4 Å². The first kappa shape index (κ1) is 18.4. The van der Waals surface area contributed by atoms with Crippen LogP contribution in [0.25, 0.3) is 0 Å². The van der Waals surface area contributed by atoms with Crippen LogP contribution in [0, 0.1) is 6.92 Å². The Morgan fingerprint density at radius 1 is 1.21 bits per heavy atom. The molecule has 0 aliphatic heterocycles. The molecule has 126 valence electrons. The molecule has 2 rings (SSSR count). The summed E-state index contributed by atoms with van der Waals surface area (Å²) in [5, 5.41) is 5.91. The first-order chi connectivity index (χ1) is 11.5. The Morgan fingerprint density at radius 3 is 2.54 bits per heavy atom. The summed E-state index contributed by atoms with van der Waals surface area (Å²) in [5.74, 6) is 0.441. The third-order valence-electron chi connectivity index (χ3n) is 3.19. The Hall–Kier alpha value is -1.92. The van der Waals surface area contributed by atoms with Crippen molar-refractivity contribution >= 4 is 44.9 Å². The van der Waals surface area contributed by atoms with Gasteiger partial charge in [0.15, 0.2) is 5.11 Å². The first-order valence-electron chi connectivity index (χ1n) is 7.61. The van der Waals surface area contributed by atoms with Gasteiger partial charge in [-0.15, -0.1) is 0 Å². The Kier molecular flexibility index (Phi) is 6.75. The van der Waals surface area contributed by atoms with Crippen LogP contribution in [0.1, 0.15) is 29.3 Å².